The number of aromatic amines is 1. The number of carbonyl (C=O) groups excluding carboxylic acids is 1. The highest BCUT2D eigenvalue weighted by molar-refractivity contribution is 7.99. The number of halogens is 2. The summed E-state index contributed by atoms with van der Waals surface area (Å²) in [6.45, 7) is 0. The Morgan fingerprint density at radius 3 is 2.76 bits per heavy atom. The third kappa shape index (κ3) is 5.84. The molecule has 0 radical (unpaired) electrons. The lowest BCUT2D eigenvalue weighted by molar-refractivity contribution is -0.137. The number of aliphatic carboxylic acids is 1. The van der Waals surface area contributed by atoms with E-state index in [2.05, 4.69) is 20.5 Å². The fraction of sp³-hybridized carbons (Fsp3) is 0.214. The average molecular weight is 387 g/mol. The Hall–Kier alpha value is -2.46. The SMILES string of the molecule is O=C(O)CCc1nnc(SCC(=O)Nc2ccc(F)c(Cl)c2)[nH]c1=O. The molecule has 25 heavy (non-hydrogen) atoms. The average Bonchev–Trinajstić information content (AvgIpc) is 2.55. The van der Waals surface area contributed by atoms with Crippen LogP contribution in [0.1, 0.15) is 12.1 Å². The number of hydrogen-bond acceptors (Lipinski definition) is 6. The zero-order chi connectivity index (χ0) is 18.4. The van der Waals surface area contributed by atoms with Crippen molar-refractivity contribution in [2.45, 2.75) is 18.0 Å². The molecule has 0 saturated carbocycles. The molecule has 1 amide bonds. The Bertz CT molecular complexity index is 861. The normalized spacial score (nSPS) is 10.5. The Labute approximate surface area is 149 Å². The summed E-state index contributed by atoms with van der Waals surface area (Å²) >= 11 is 6.56. The first-order valence-corrected chi connectivity index (χ1v) is 8.27. The van der Waals surface area contributed by atoms with Crippen LogP contribution in [0.15, 0.2) is 28.2 Å². The van der Waals surface area contributed by atoms with Crippen LogP contribution in [0.4, 0.5) is 10.1 Å². The summed E-state index contributed by atoms with van der Waals surface area (Å²) in [6.07, 6.45) is -0.263. The fourth-order valence-corrected chi connectivity index (χ4v) is 2.49. The van der Waals surface area contributed by atoms with E-state index in [0.29, 0.717) is 5.69 Å². The number of nitrogens with zero attached hydrogens (tertiary/aromatic N) is 2. The van der Waals surface area contributed by atoms with Gasteiger partial charge in [-0.1, -0.05) is 23.4 Å². The van der Waals surface area contributed by atoms with E-state index in [-0.39, 0.29) is 34.5 Å². The number of thioether (sulfide) groups is 1. The zero-order valence-corrected chi connectivity index (χ0v) is 14.2. The molecule has 8 nitrogen and oxygen atoms in total. The molecule has 0 aliphatic heterocycles. The van der Waals surface area contributed by atoms with E-state index in [9.17, 15) is 18.8 Å². The van der Waals surface area contributed by atoms with Crippen LogP contribution in [0.5, 0.6) is 0 Å². The van der Waals surface area contributed by atoms with Crippen LogP contribution in [0.25, 0.3) is 0 Å². The lowest BCUT2D eigenvalue weighted by atomic mass is 10.2. The van der Waals surface area contributed by atoms with Crippen LogP contribution in [-0.4, -0.2) is 37.9 Å². The Kier molecular flexibility index (Phi) is 6.48. The van der Waals surface area contributed by atoms with E-state index in [1.54, 1.807) is 0 Å². The van der Waals surface area contributed by atoms with E-state index in [0.717, 1.165) is 17.8 Å². The first-order chi connectivity index (χ1) is 11.8. The predicted octanol–water partition coefficient (Wildman–Crippen LogP) is 1.71. The maximum absolute atomic E-state index is 13.0. The van der Waals surface area contributed by atoms with E-state index < -0.39 is 23.3 Å². The summed E-state index contributed by atoms with van der Waals surface area (Å²) in [4.78, 5) is 36.5. The van der Waals surface area contributed by atoms with Crippen molar-refractivity contribution in [3.8, 4) is 0 Å². The quantitative estimate of drug-likeness (QED) is 0.618. The molecule has 132 valence electrons. The first-order valence-electron chi connectivity index (χ1n) is 6.90. The largest absolute Gasteiger partial charge is 0.481 e. The first kappa shape index (κ1) is 18.9. The Morgan fingerprint density at radius 2 is 2.12 bits per heavy atom. The van der Waals surface area contributed by atoms with Gasteiger partial charge in [-0.2, -0.15) is 0 Å². The Balaban J connectivity index is 1.90. The van der Waals surface area contributed by atoms with Gasteiger partial charge in [0.1, 0.15) is 11.5 Å². The van der Waals surface area contributed by atoms with Crippen molar-refractivity contribution in [1.29, 1.82) is 0 Å². The molecule has 1 aromatic heterocycles. The van der Waals surface area contributed by atoms with Crippen LogP contribution >= 0.6 is 23.4 Å². The second-order valence-electron chi connectivity index (χ2n) is 4.77. The number of aryl methyl sites for hydroxylation is 1. The number of carboxylic acid groups (broad SMARTS) is 1. The smallest absolute Gasteiger partial charge is 0.303 e. The second kappa shape index (κ2) is 8.58. The van der Waals surface area contributed by atoms with E-state index in [1.165, 1.54) is 12.1 Å². The predicted molar refractivity (Wildman–Crippen MR) is 89.4 cm³/mol. The summed E-state index contributed by atoms with van der Waals surface area (Å²) in [5, 5.41) is 18.5. The molecule has 0 fully saturated rings. The van der Waals surface area contributed by atoms with Gasteiger partial charge in [0.25, 0.3) is 5.56 Å². The summed E-state index contributed by atoms with van der Waals surface area (Å²) < 4.78 is 13.0. The topological polar surface area (TPSA) is 125 Å². The highest BCUT2D eigenvalue weighted by Gasteiger charge is 2.10. The molecular formula is C14H12ClFN4O4S. The minimum Gasteiger partial charge on any atom is -0.481 e. The number of aromatic nitrogens is 3. The maximum Gasteiger partial charge on any atom is 0.303 e. The van der Waals surface area contributed by atoms with Gasteiger partial charge < -0.3 is 10.4 Å². The summed E-state index contributed by atoms with van der Waals surface area (Å²) in [5.74, 6) is -2.12. The van der Waals surface area contributed by atoms with Gasteiger partial charge in [0.2, 0.25) is 5.91 Å². The second-order valence-corrected chi connectivity index (χ2v) is 6.14. The molecule has 1 heterocycles. The standard InChI is InChI=1S/C14H12ClFN4O4S/c15-8-5-7(1-2-9(8)16)17-11(21)6-25-14-18-13(24)10(19-20-14)3-4-12(22)23/h1-2,5H,3-4,6H2,(H,17,21)(H,22,23)(H,18,20,24). The van der Waals surface area contributed by atoms with Gasteiger partial charge in [0.05, 0.1) is 17.2 Å². The number of carboxylic acids is 1. The third-order valence-electron chi connectivity index (χ3n) is 2.86. The van der Waals surface area contributed by atoms with Gasteiger partial charge in [-0.25, -0.2) is 4.39 Å². The van der Waals surface area contributed by atoms with Crippen LogP contribution < -0.4 is 10.9 Å². The summed E-state index contributed by atoms with van der Waals surface area (Å²) in [5.41, 5.74) is -0.206. The molecule has 0 unspecified atom stereocenters. The van der Waals surface area contributed by atoms with Crippen molar-refractivity contribution < 1.29 is 19.1 Å². The van der Waals surface area contributed by atoms with Crippen LogP contribution in [-0.2, 0) is 16.0 Å². The van der Waals surface area contributed by atoms with Crippen molar-refractivity contribution in [3.05, 3.63) is 45.1 Å². The lowest BCUT2D eigenvalue weighted by Crippen LogP contribution is -2.19. The van der Waals surface area contributed by atoms with Gasteiger partial charge >= 0.3 is 5.97 Å². The number of anilines is 1. The molecule has 0 atom stereocenters. The van der Waals surface area contributed by atoms with Crippen LogP contribution in [0.3, 0.4) is 0 Å². The number of H-pyrrole nitrogens is 1. The van der Waals surface area contributed by atoms with Gasteiger partial charge in [-0.3, -0.25) is 19.4 Å². The monoisotopic (exact) mass is 386 g/mol. The number of rotatable bonds is 7. The zero-order valence-electron chi connectivity index (χ0n) is 12.6. The molecule has 0 saturated heterocycles. The number of amides is 1. The van der Waals surface area contributed by atoms with Gasteiger partial charge in [-0.15, -0.1) is 10.2 Å². The molecule has 0 bridgehead atoms. The molecule has 2 aromatic rings. The number of nitrogens with one attached hydrogen (secondary N) is 2. The summed E-state index contributed by atoms with van der Waals surface area (Å²) in [6, 6.07) is 3.77. The van der Waals surface area contributed by atoms with Crippen molar-refractivity contribution in [2.24, 2.45) is 0 Å². The molecule has 3 N–H and O–H groups in total. The van der Waals surface area contributed by atoms with Gasteiger partial charge in [0, 0.05) is 12.1 Å². The maximum atomic E-state index is 13.0. The molecule has 2 rings (SSSR count). The van der Waals surface area contributed by atoms with Crippen LogP contribution in [0.2, 0.25) is 5.02 Å². The molecule has 0 spiro atoms. The number of hydrogen-bond donors (Lipinski definition) is 3. The third-order valence-corrected chi connectivity index (χ3v) is 4.02. The fourth-order valence-electron chi connectivity index (χ4n) is 1.70. The van der Waals surface area contributed by atoms with Crippen molar-refractivity contribution in [2.75, 3.05) is 11.1 Å². The molecule has 1 aromatic carbocycles. The number of carbonyl (C=O) groups is 2. The highest BCUT2D eigenvalue weighted by Crippen LogP contribution is 2.19. The van der Waals surface area contributed by atoms with Crippen LogP contribution in [0, 0.1) is 5.82 Å². The lowest BCUT2D eigenvalue weighted by Gasteiger charge is -2.05. The minimum absolute atomic E-state index is 0.0113. The molecular weight excluding hydrogens is 375 g/mol. The molecule has 11 heteroatoms. The minimum atomic E-state index is -1.04. The summed E-state index contributed by atoms with van der Waals surface area (Å²) in [7, 11) is 0. The van der Waals surface area contributed by atoms with E-state index >= 15 is 0 Å². The van der Waals surface area contributed by atoms with E-state index in [1.807, 2.05) is 0 Å². The van der Waals surface area contributed by atoms with Gasteiger partial charge in [-0.05, 0) is 18.2 Å². The number of benzene rings is 1. The molecule has 0 aliphatic rings. The molecule has 0 aliphatic carbocycles. The van der Waals surface area contributed by atoms with Crippen molar-refractivity contribution in [1.82, 2.24) is 15.2 Å². The Morgan fingerprint density at radius 1 is 1.36 bits per heavy atom. The van der Waals surface area contributed by atoms with Crippen molar-refractivity contribution in [3.63, 3.8) is 0 Å². The van der Waals surface area contributed by atoms with E-state index in [4.69, 9.17) is 16.7 Å². The highest BCUT2D eigenvalue weighted by atomic mass is 35.5. The van der Waals surface area contributed by atoms with Gasteiger partial charge in [0.15, 0.2) is 5.16 Å². The van der Waals surface area contributed by atoms with Crippen molar-refractivity contribution >= 4 is 40.9 Å².